The Labute approximate surface area is 128 Å². The number of hydrogen-bond acceptors (Lipinski definition) is 5. The fourth-order valence-electron chi connectivity index (χ4n) is 2.24. The maximum Gasteiger partial charge on any atom is 0.246 e. The normalized spacial score (nSPS) is 17.6. The van der Waals surface area contributed by atoms with Gasteiger partial charge in [0.1, 0.15) is 0 Å². The maximum atomic E-state index is 12.6. The number of hydrogen-bond donors (Lipinski definition) is 2. The fraction of sp³-hybridized carbons (Fsp3) is 0.500. The Hall–Kier alpha value is -1.93. The largest absolute Gasteiger partial charge is 0.395 e. The Morgan fingerprint density at radius 3 is 1.67 bits per heavy atom. The third kappa shape index (κ3) is 2.91. The quantitative estimate of drug-likeness (QED) is 0.372. The van der Waals surface area contributed by atoms with E-state index in [2.05, 4.69) is 11.8 Å². The minimum absolute atomic E-state index is 0.0576. The number of rotatable bonds is 6. The number of carbonyl (C=O) groups is 2. The van der Waals surface area contributed by atoms with Crippen molar-refractivity contribution in [1.29, 1.82) is 0 Å². The molecule has 0 saturated carbocycles. The molecule has 112 valence electrons. The molecule has 1 aliphatic rings. The molecule has 1 aliphatic heterocycles. The molecule has 6 nitrogen and oxygen atoms in total. The number of nitrogens with zero attached hydrogens (tertiary/aromatic N) is 2. The lowest BCUT2D eigenvalue weighted by Gasteiger charge is -2.44. The van der Waals surface area contributed by atoms with Gasteiger partial charge in [0.15, 0.2) is 10.5 Å². The molecule has 0 atom stereocenters. The van der Waals surface area contributed by atoms with E-state index in [4.69, 9.17) is 35.3 Å². The van der Waals surface area contributed by atoms with Crippen molar-refractivity contribution in [2.75, 3.05) is 26.3 Å². The van der Waals surface area contributed by atoms with E-state index in [9.17, 15) is 9.59 Å². The van der Waals surface area contributed by atoms with Gasteiger partial charge in [0.25, 0.3) is 0 Å². The van der Waals surface area contributed by atoms with Crippen LogP contribution < -0.4 is 0 Å². The summed E-state index contributed by atoms with van der Waals surface area (Å²) < 4.78 is 0. The van der Waals surface area contributed by atoms with E-state index in [1.54, 1.807) is 0 Å². The summed E-state index contributed by atoms with van der Waals surface area (Å²) >= 11 is 5.09. The lowest BCUT2D eigenvalue weighted by molar-refractivity contribution is -0.156. The van der Waals surface area contributed by atoms with Crippen LogP contribution in [0.3, 0.4) is 0 Å². The van der Waals surface area contributed by atoms with Crippen LogP contribution >= 0.6 is 12.2 Å². The Balaban J connectivity index is 3.36. The molecule has 1 fully saturated rings. The van der Waals surface area contributed by atoms with Gasteiger partial charge in [0.05, 0.1) is 26.3 Å². The lowest BCUT2D eigenvalue weighted by Crippen LogP contribution is -2.65. The average molecular weight is 308 g/mol. The van der Waals surface area contributed by atoms with Gasteiger partial charge in [-0.1, -0.05) is 0 Å². The molecule has 0 bridgehead atoms. The first-order valence-corrected chi connectivity index (χ1v) is 6.67. The molecule has 0 aromatic rings. The second-order valence-electron chi connectivity index (χ2n) is 4.49. The minimum Gasteiger partial charge on any atom is -0.395 e. The molecule has 1 rings (SSSR count). The SMILES string of the molecule is C#CCC1(CC#C)C(=O)N(CCO)C(=S)N(CCO)C1=O. The molecule has 0 radical (unpaired) electrons. The van der Waals surface area contributed by atoms with Crippen LogP contribution in [-0.2, 0) is 9.59 Å². The number of aliphatic hydroxyl groups excluding tert-OH is 2. The van der Waals surface area contributed by atoms with E-state index in [0.29, 0.717) is 0 Å². The van der Waals surface area contributed by atoms with E-state index in [0.717, 1.165) is 9.80 Å². The zero-order valence-electron chi connectivity index (χ0n) is 11.4. The Morgan fingerprint density at radius 2 is 1.38 bits per heavy atom. The molecule has 1 heterocycles. The van der Waals surface area contributed by atoms with Gasteiger partial charge in [-0.2, -0.15) is 0 Å². The van der Waals surface area contributed by atoms with Crippen LogP contribution in [0.5, 0.6) is 0 Å². The topological polar surface area (TPSA) is 81.1 Å². The summed E-state index contributed by atoms with van der Waals surface area (Å²) in [6.07, 6.45) is 10.2. The first-order valence-electron chi connectivity index (χ1n) is 6.26. The molecular formula is C14H16N2O4S. The third-order valence-electron chi connectivity index (χ3n) is 3.23. The summed E-state index contributed by atoms with van der Waals surface area (Å²) in [6.45, 7) is -0.780. The average Bonchev–Trinajstić information content (AvgIpc) is 2.46. The van der Waals surface area contributed by atoms with Gasteiger partial charge in [-0.15, -0.1) is 24.7 Å². The van der Waals surface area contributed by atoms with Crippen molar-refractivity contribution in [2.24, 2.45) is 5.41 Å². The third-order valence-corrected chi connectivity index (χ3v) is 3.67. The molecule has 2 amide bonds. The lowest BCUT2D eigenvalue weighted by atomic mass is 9.77. The van der Waals surface area contributed by atoms with Gasteiger partial charge in [0, 0.05) is 12.8 Å². The second-order valence-corrected chi connectivity index (χ2v) is 4.85. The van der Waals surface area contributed by atoms with Crippen LogP contribution in [0.15, 0.2) is 0 Å². The zero-order chi connectivity index (χ0) is 16.0. The minimum atomic E-state index is -1.59. The van der Waals surface area contributed by atoms with Crippen molar-refractivity contribution in [3.05, 3.63) is 0 Å². The van der Waals surface area contributed by atoms with Crippen LogP contribution in [0.4, 0.5) is 0 Å². The van der Waals surface area contributed by atoms with Crippen molar-refractivity contribution in [3.8, 4) is 24.7 Å². The first kappa shape index (κ1) is 17.1. The van der Waals surface area contributed by atoms with Gasteiger partial charge >= 0.3 is 0 Å². The highest BCUT2D eigenvalue weighted by atomic mass is 32.1. The van der Waals surface area contributed by atoms with Gasteiger partial charge in [-0.05, 0) is 12.2 Å². The van der Waals surface area contributed by atoms with Crippen molar-refractivity contribution < 1.29 is 19.8 Å². The number of β-amino-alcohol motifs (C(OH)–C–C–N with tert-alkyl or cyclic N) is 2. The van der Waals surface area contributed by atoms with Crippen molar-refractivity contribution in [3.63, 3.8) is 0 Å². The van der Waals surface area contributed by atoms with Crippen LogP contribution in [0.2, 0.25) is 0 Å². The number of terminal acetylenes is 2. The number of carbonyl (C=O) groups excluding carboxylic acids is 2. The Morgan fingerprint density at radius 1 is 1.00 bits per heavy atom. The van der Waals surface area contributed by atoms with Crippen LogP contribution in [0.1, 0.15) is 12.8 Å². The molecule has 1 saturated heterocycles. The van der Waals surface area contributed by atoms with E-state index in [1.807, 2.05) is 0 Å². The summed E-state index contributed by atoms with van der Waals surface area (Å²) in [7, 11) is 0. The van der Waals surface area contributed by atoms with Crippen molar-refractivity contribution in [2.45, 2.75) is 12.8 Å². The first-order chi connectivity index (χ1) is 9.99. The molecule has 0 aromatic carbocycles. The summed E-state index contributed by atoms with van der Waals surface area (Å²) in [5, 5.41) is 18.1. The number of amides is 2. The predicted molar refractivity (Wildman–Crippen MR) is 79.5 cm³/mol. The summed E-state index contributed by atoms with van der Waals surface area (Å²) in [5.41, 5.74) is -1.59. The molecule has 21 heavy (non-hydrogen) atoms. The molecular weight excluding hydrogens is 292 g/mol. The van der Waals surface area contributed by atoms with E-state index in [-0.39, 0.29) is 44.3 Å². The molecule has 0 aromatic heterocycles. The molecule has 2 N–H and O–H groups in total. The number of aliphatic hydroxyl groups is 2. The van der Waals surface area contributed by atoms with Gasteiger partial charge in [-0.3, -0.25) is 19.4 Å². The Kier molecular flexibility index (Phi) is 5.86. The van der Waals surface area contributed by atoms with Crippen LogP contribution in [0.25, 0.3) is 0 Å². The summed E-state index contributed by atoms with van der Waals surface area (Å²) in [6, 6.07) is 0. The summed E-state index contributed by atoms with van der Waals surface area (Å²) in [4.78, 5) is 27.5. The van der Waals surface area contributed by atoms with E-state index >= 15 is 0 Å². The van der Waals surface area contributed by atoms with Gasteiger partial charge < -0.3 is 10.2 Å². The second kappa shape index (κ2) is 7.19. The van der Waals surface area contributed by atoms with E-state index in [1.165, 1.54) is 0 Å². The monoisotopic (exact) mass is 308 g/mol. The van der Waals surface area contributed by atoms with Crippen molar-refractivity contribution in [1.82, 2.24) is 9.80 Å². The molecule has 0 aliphatic carbocycles. The molecule has 0 spiro atoms. The highest BCUT2D eigenvalue weighted by Crippen LogP contribution is 2.35. The zero-order valence-corrected chi connectivity index (χ0v) is 12.2. The Bertz CT molecular complexity index is 486. The van der Waals surface area contributed by atoms with Crippen LogP contribution in [-0.4, -0.2) is 63.2 Å². The summed E-state index contributed by atoms with van der Waals surface area (Å²) in [5.74, 6) is 3.41. The molecule has 0 unspecified atom stereocenters. The standard InChI is InChI=1S/C14H16N2O4S/c1-3-5-14(6-4-2)11(19)15(7-9-17)13(21)16(8-10-18)12(14)20/h1-2,17-18H,5-10H2. The molecule has 7 heteroatoms. The smallest absolute Gasteiger partial charge is 0.246 e. The van der Waals surface area contributed by atoms with Gasteiger partial charge in [-0.25, -0.2) is 0 Å². The van der Waals surface area contributed by atoms with Gasteiger partial charge in [0.2, 0.25) is 11.8 Å². The predicted octanol–water partition coefficient (Wildman–Crippen LogP) is -1.04. The highest BCUT2D eigenvalue weighted by Gasteiger charge is 2.54. The fourth-order valence-corrected chi connectivity index (χ4v) is 2.58. The maximum absolute atomic E-state index is 12.6. The van der Waals surface area contributed by atoms with Crippen LogP contribution in [0, 0.1) is 30.1 Å². The van der Waals surface area contributed by atoms with Crippen molar-refractivity contribution >= 4 is 29.1 Å². The van der Waals surface area contributed by atoms with E-state index < -0.39 is 17.2 Å². The highest BCUT2D eigenvalue weighted by molar-refractivity contribution is 7.80. The number of thiocarbonyl (C=S) groups is 1.